The second-order valence-corrected chi connectivity index (χ2v) is 6.01. The topological polar surface area (TPSA) is 49.3 Å². The Morgan fingerprint density at radius 2 is 2.25 bits per heavy atom. The van der Waals surface area contributed by atoms with Gasteiger partial charge >= 0.3 is 0 Å². The van der Waals surface area contributed by atoms with E-state index in [1.165, 1.54) is 6.07 Å². The van der Waals surface area contributed by atoms with Crippen molar-refractivity contribution >= 4 is 5.91 Å². The normalized spacial score (nSPS) is 27.3. The Morgan fingerprint density at radius 1 is 1.55 bits per heavy atom. The van der Waals surface area contributed by atoms with Gasteiger partial charge in [0.2, 0.25) is 5.91 Å². The number of halogens is 1. The maximum atomic E-state index is 13.7. The van der Waals surface area contributed by atoms with Crippen LogP contribution in [-0.2, 0) is 4.79 Å². The fraction of sp³-hybridized carbons (Fsp3) is 0.562. The Morgan fingerprint density at radius 3 is 2.90 bits per heavy atom. The highest BCUT2D eigenvalue weighted by atomic mass is 19.1. The third kappa shape index (κ3) is 2.85. The Hall–Kier alpha value is -1.42. The molecule has 1 aliphatic rings. The summed E-state index contributed by atoms with van der Waals surface area (Å²) in [6.07, 6.45) is 2.77. The maximum Gasteiger partial charge on any atom is 0.227 e. The number of hydrogen-bond donors (Lipinski definition) is 2. The number of hydrogen-bond acceptors (Lipinski definition) is 2. The smallest absolute Gasteiger partial charge is 0.227 e. The van der Waals surface area contributed by atoms with Gasteiger partial charge in [0.05, 0.1) is 12.5 Å². The first-order chi connectivity index (χ1) is 9.48. The van der Waals surface area contributed by atoms with Crippen LogP contribution < -0.4 is 5.32 Å². The van der Waals surface area contributed by atoms with Crippen molar-refractivity contribution in [2.24, 2.45) is 5.41 Å². The highest BCUT2D eigenvalue weighted by Crippen LogP contribution is 2.37. The average molecular weight is 279 g/mol. The number of amides is 1. The van der Waals surface area contributed by atoms with E-state index < -0.39 is 5.92 Å². The van der Waals surface area contributed by atoms with E-state index in [4.69, 9.17) is 0 Å². The summed E-state index contributed by atoms with van der Waals surface area (Å²) in [5, 5.41) is 12.5. The van der Waals surface area contributed by atoms with Gasteiger partial charge in [-0.1, -0.05) is 31.5 Å². The molecule has 4 heteroatoms. The van der Waals surface area contributed by atoms with E-state index in [-0.39, 0.29) is 29.8 Å². The average Bonchev–Trinajstić information content (AvgIpc) is 2.80. The number of carbonyl (C=O) groups is 1. The van der Waals surface area contributed by atoms with Crippen LogP contribution in [0.4, 0.5) is 4.39 Å². The maximum absolute atomic E-state index is 13.7. The van der Waals surface area contributed by atoms with Gasteiger partial charge in [-0.3, -0.25) is 4.79 Å². The first-order valence-electron chi connectivity index (χ1n) is 7.13. The van der Waals surface area contributed by atoms with Gasteiger partial charge in [-0.15, -0.1) is 0 Å². The van der Waals surface area contributed by atoms with Gasteiger partial charge in [0.25, 0.3) is 0 Å². The number of benzene rings is 1. The van der Waals surface area contributed by atoms with Crippen molar-refractivity contribution in [3.8, 4) is 0 Å². The predicted octanol–water partition coefficient (Wildman–Crippen LogP) is 2.60. The van der Waals surface area contributed by atoms with Crippen molar-refractivity contribution in [1.82, 2.24) is 5.32 Å². The third-order valence-electron chi connectivity index (χ3n) is 4.52. The highest BCUT2D eigenvalue weighted by molar-refractivity contribution is 5.83. The molecule has 1 aromatic carbocycles. The van der Waals surface area contributed by atoms with Crippen LogP contribution in [0.15, 0.2) is 24.3 Å². The van der Waals surface area contributed by atoms with Crippen LogP contribution in [0.3, 0.4) is 0 Å². The molecule has 1 aliphatic carbocycles. The summed E-state index contributed by atoms with van der Waals surface area (Å²) in [7, 11) is 0. The van der Waals surface area contributed by atoms with Crippen LogP contribution >= 0.6 is 0 Å². The van der Waals surface area contributed by atoms with Crippen molar-refractivity contribution < 1.29 is 14.3 Å². The first kappa shape index (κ1) is 15.0. The molecule has 0 spiro atoms. The third-order valence-corrected chi connectivity index (χ3v) is 4.52. The molecule has 1 fully saturated rings. The first-order valence-corrected chi connectivity index (χ1v) is 7.13. The van der Waals surface area contributed by atoms with E-state index in [9.17, 15) is 14.3 Å². The van der Waals surface area contributed by atoms with Crippen LogP contribution in [-0.4, -0.2) is 23.7 Å². The summed E-state index contributed by atoms with van der Waals surface area (Å²) in [5.41, 5.74) is 0.152. The molecule has 2 N–H and O–H groups in total. The summed E-state index contributed by atoms with van der Waals surface area (Å²) in [6.45, 7) is 3.75. The molecule has 1 aromatic rings. The summed E-state index contributed by atoms with van der Waals surface area (Å²) >= 11 is 0. The van der Waals surface area contributed by atoms with E-state index in [1.807, 2.05) is 6.92 Å². The van der Waals surface area contributed by atoms with Gasteiger partial charge in [0, 0.05) is 11.5 Å². The molecule has 1 saturated carbocycles. The standard InChI is InChI=1S/C16H22FNO2/c1-11(12-6-3-4-7-13(12)17)15(20)18-14-8-5-9-16(14,2)10-19/h3-4,6-7,11,14,19H,5,8-10H2,1-2H3,(H,18,20). The molecule has 0 aromatic heterocycles. The van der Waals surface area contributed by atoms with Crippen molar-refractivity contribution in [3.63, 3.8) is 0 Å². The molecule has 110 valence electrons. The van der Waals surface area contributed by atoms with Crippen molar-refractivity contribution in [2.45, 2.75) is 45.1 Å². The molecule has 1 amide bonds. The zero-order chi connectivity index (χ0) is 14.8. The number of nitrogens with one attached hydrogen (secondary N) is 1. The molecule has 0 heterocycles. The van der Waals surface area contributed by atoms with Gasteiger partial charge in [-0.25, -0.2) is 4.39 Å². The molecule has 3 unspecified atom stereocenters. The number of rotatable bonds is 4. The van der Waals surface area contributed by atoms with Crippen LogP contribution in [0.25, 0.3) is 0 Å². The Labute approximate surface area is 119 Å². The quantitative estimate of drug-likeness (QED) is 0.890. The van der Waals surface area contributed by atoms with Crippen molar-refractivity contribution in [1.29, 1.82) is 0 Å². The van der Waals surface area contributed by atoms with E-state index >= 15 is 0 Å². The number of aliphatic hydroxyl groups is 1. The minimum Gasteiger partial charge on any atom is -0.396 e. The highest BCUT2D eigenvalue weighted by Gasteiger charge is 2.39. The van der Waals surface area contributed by atoms with Crippen LogP contribution in [0, 0.1) is 11.2 Å². The SMILES string of the molecule is CC(C(=O)NC1CCCC1(C)CO)c1ccccc1F. The summed E-state index contributed by atoms with van der Waals surface area (Å²) in [6, 6.07) is 6.32. The second-order valence-electron chi connectivity index (χ2n) is 6.01. The van der Waals surface area contributed by atoms with Gasteiger partial charge in [0.1, 0.15) is 5.82 Å². The number of carbonyl (C=O) groups excluding carboxylic acids is 1. The van der Waals surface area contributed by atoms with Crippen LogP contribution in [0.5, 0.6) is 0 Å². The fourth-order valence-electron chi connectivity index (χ4n) is 2.93. The molecule has 3 atom stereocenters. The molecule has 3 nitrogen and oxygen atoms in total. The molecule has 0 aliphatic heterocycles. The lowest BCUT2D eigenvalue weighted by molar-refractivity contribution is -0.123. The predicted molar refractivity (Wildman–Crippen MR) is 75.8 cm³/mol. The zero-order valence-corrected chi connectivity index (χ0v) is 12.0. The van der Waals surface area contributed by atoms with Crippen molar-refractivity contribution in [2.75, 3.05) is 6.61 Å². The lowest BCUT2D eigenvalue weighted by Crippen LogP contribution is -2.46. The minimum atomic E-state index is -0.528. The van der Waals surface area contributed by atoms with Crippen molar-refractivity contribution in [3.05, 3.63) is 35.6 Å². The van der Waals surface area contributed by atoms with E-state index in [0.29, 0.717) is 5.56 Å². The van der Waals surface area contributed by atoms with E-state index in [0.717, 1.165) is 19.3 Å². The molecule has 0 bridgehead atoms. The molecular formula is C16H22FNO2. The molecule has 0 radical (unpaired) electrons. The molecule has 2 rings (SSSR count). The summed E-state index contributed by atoms with van der Waals surface area (Å²) in [4.78, 5) is 12.3. The van der Waals surface area contributed by atoms with Crippen LogP contribution in [0.2, 0.25) is 0 Å². The Bertz CT molecular complexity index is 491. The Balaban J connectivity index is 2.07. The van der Waals surface area contributed by atoms with E-state index in [1.54, 1.807) is 25.1 Å². The minimum absolute atomic E-state index is 0.0331. The van der Waals surface area contributed by atoms with Gasteiger partial charge in [0.15, 0.2) is 0 Å². The summed E-state index contributed by atoms with van der Waals surface area (Å²) in [5.74, 6) is -1.06. The second kappa shape index (κ2) is 5.92. The number of aliphatic hydroxyl groups excluding tert-OH is 1. The van der Waals surface area contributed by atoms with Gasteiger partial charge in [-0.2, -0.15) is 0 Å². The lowest BCUT2D eigenvalue weighted by Gasteiger charge is -2.31. The lowest BCUT2D eigenvalue weighted by atomic mass is 9.85. The molecular weight excluding hydrogens is 257 g/mol. The molecule has 0 saturated heterocycles. The zero-order valence-electron chi connectivity index (χ0n) is 12.0. The Kier molecular flexibility index (Phi) is 4.43. The fourth-order valence-corrected chi connectivity index (χ4v) is 2.93. The van der Waals surface area contributed by atoms with Crippen LogP contribution in [0.1, 0.15) is 44.6 Å². The van der Waals surface area contributed by atoms with Gasteiger partial charge < -0.3 is 10.4 Å². The molecule has 20 heavy (non-hydrogen) atoms. The summed E-state index contributed by atoms with van der Waals surface area (Å²) < 4.78 is 13.7. The van der Waals surface area contributed by atoms with E-state index in [2.05, 4.69) is 5.32 Å². The monoisotopic (exact) mass is 279 g/mol. The largest absolute Gasteiger partial charge is 0.396 e. The van der Waals surface area contributed by atoms with Gasteiger partial charge in [-0.05, 0) is 31.4 Å².